The van der Waals surface area contributed by atoms with Gasteiger partial charge in [-0.1, -0.05) is 30.3 Å². The molecule has 1 amide bonds. The molecule has 4 N–H and O–H groups in total. The van der Waals surface area contributed by atoms with Crippen LogP contribution in [0.1, 0.15) is 39.5 Å². The minimum Gasteiger partial charge on any atom is -0.397 e. The maximum absolute atomic E-state index is 12.8. The van der Waals surface area contributed by atoms with E-state index in [0.717, 1.165) is 16.7 Å². The van der Waals surface area contributed by atoms with Crippen molar-refractivity contribution in [2.45, 2.75) is 30.7 Å². The van der Waals surface area contributed by atoms with Gasteiger partial charge in [0.25, 0.3) is 5.91 Å². The number of benzene rings is 3. The summed E-state index contributed by atoms with van der Waals surface area (Å²) >= 11 is 0. The first-order valence-corrected chi connectivity index (χ1v) is 11.2. The second-order valence-electron chi connectivity index (χ2n) is 7.48. The third-order valence-electron chi connectivity index (χ3n) is 5.29. The third-order valence-corrected chi connectivity index (χ3v) is 6.76. The lowest BCUT2D eigenvalue weighted by molar-refractivity contribution is 0.102. The lowest BCUT2D eigenvalue weighted by atomic mass is 10.0. The summed E-state index contributed by atoms with van der Waals surface area (Å²) in [6.45, 7) is 1.86. The molecule has 0 aromatic heterocycles. The standard InChI is InChI=1S/C23H23N3O3S/c1-15-5-4-6-18(13-15)30(28,29)26-21-12-10-16-14-17(9-11-19(16)21)23(27)25-22-8-3-2-7-20(22)24/h2-9,11,13-14,21,26H,10,12,24H2,1H3,(H,25,27). The molecule has 1 aliphatic carbocycles. The highest BCUT2D eigenvalue weighted by molar-refractivity contribution is 7.89. The van der Waals surface area contributed by atoms with Gasteiger partial charge in [-0.15, -0.1) is 0 Å². The first-order valence-electron chi connectivity index (χ1n) is 9.71. The Bertz CT molecular complexity index is 1220. The summed E-state index contributed by atoms with van der Waals surface area (Å²) in [5.74, 6) is -0.250. The number of hydrogen-bond acceptors (Lipinski definition) is 4. The van der Waals surface area contributed by atoms with Gasteiger partial charge in [0.1, 0.15) is 0 Å². The predicted molar refractivity (Wildman–Crippen MR) is 118 cm³/mol. The van der Waals surface area contributed by atoms with E-state index in [1.807, 2.05) is 25.1 Å². The first-order chi connectivity index (χ1) is 14.3. The van der Waals surface area contributed by atoms with E-state index < -0.39 is 10.0 Å². The van der Waals surface area contributed by atoms with Crippen molar-refractivity contribution in [1.82, 2.24) is 4.72 Å². The van der Waals surface area contributed by atoms with Gasteiger partial charge in [-0.2, -0.15) is 0 Å². The van der Waals surface area contributed by atoms with Gasteiger partial charge in [0.2, 0.25) is 10.0 Å². The Kier molecular flexibility index (Phi) is 5.32. The van der Waals surface area contributed by atoms with E-state index in [4.69, 9.17) is 5.73 Å². The van der Waals surface area contributed by atoms with Crippen LogP contribution in [0.25, 0.3) is 0 Å². The second kappa shape index (κ2) is 7.93. The molecule has 6 nitrogen and oxygen atoms in total. The average Bonchev–Trinajstić information content (AvgIpc) is 3.11. The normalized spacial score (nSPS) is 15.6. The molecular weight excluding hydrogens is 398 g/mol. The average molecular weight is 422 g/mol. The highest BCUT2D eigenvalue weighted by Gasteiger charge is 2.28. The van der Waals surface area contributed by atoms with Gasteiger partial charge < -0.3 is 11.1 Å². The van der Waals surface area contributed by atoms with Crippen molar-refractivity contribution in [1.29, 1.82) is 0 Å². The molecular formula is C23H23N3O3S. The molecule has 154 valence electrons. The fourth-order valence-corrected chi connectivity index (χ4v) is 5.08. The van der Waals surface area contributed by atoms with Gasteiger partial charge in [-0.05, 0) is 72.9 Å². The number of nitrogens with one attached hydrogen (secondary N) is 2. The zero-order valence-corrected chi connectivity index (χ0v) is 17.4. The molecule has 30 heavy (non-hydrogen) atoms. The van der Waals surface area contributed by atoms with E-state index >= 15 is 0 Å². The number of carbonyl (C=O) groups is 1. The topological polar surface area (TPSA) is 101 Å². The maximum atomic E-state index is 12.8. The summed E-state index contributed by atoms with van der Waals surface area (Å²) in [4.78, 5) is 12.9. The Balaban J connectivity index is 1.52. The molecule has 0 aliphatic heterocycles. The van der Waals surface area contributed by atoms with Gasteiger partial charge >= 0.3 is 0 Å². The van der Waals surface area contributed by atoms with Crippen molar-refractivity contribution in [2.75, 3.05) is 11.1 Å². The summed E-state index contributed by atoms with van der Waals surface area (Å²) in [5.41, 5.74) is 10.2. The Labute approximate surface area is 176 Å². The van der Waals surface area contributed by atoms with Crippen LogP contribution in [0.4, 0.5) is 11.4 Å². The lowest BCUT2D eigenvalue weighted by Crippen LogP contribution is -2.27. The molecule has 7 heteroatoms. The minimum atomic E-state index is -3.62. The number of nitrogens with two attached hydrogens (primary N) is 1. The first kappa shape index (κ1) is 20.1. The smallest absolute Gasteiger partial charge is 0.255 e. The highest BCUT2D eigenvalue weighted by Crippen LogP contribution is 2.33. The summed E-state index contributed by atoms with van der Waals surface area (Å²) in [6.07, 6.45) is 1.35. The number of hydrogen-bond donors (Lipinski definition) is 3. The van der Waals surface area contributed by atoms with Crippen molar-refractivity contribution in [3.05, 3.63) is 89.0 Å². The SMILES string of the molecule is Cc1cccc(S(=O)(=O)NC2CCc3cc(C(=O)Nc4ccccc4N)ccc32)c1. The quantitative estimate of drug-likeness (QED) is 0.546. The Morgan fingerprint density at radius 2 is 1.83 bits per heavy atom. The van der Waals surface area contributed by atoms with Crippen LogP contribution in [-0.2, 0) is 16.4 Å². The Hall–Kier alpha value is -3.16. The van der Waals surface area contributed by atoms with Crippen LogP contribution < -0.4 is 15.8 Å². The zero-order chi connectivity index (χ0) is 21.3. The number of carbonyl (C=O) groups excluding carboxylic acids is 1. The fourth-order valence-electron chi connectivity index (χ4n) is 3.72. The molecule has 0 heterocycles. The molecule has 0 spiro atoms. The lowest BCUT2D eigenvalue weighted by Gasteiger charge is -2.15. The van der Waals surface area contributed by atoms with Crippen molar-refractivity contribution in [3.8, 4) is 0 Å². The van der Waals surface area contributed by atoms with Gasteiger partial charge in [0.05, 0.1) is 16.3 Å². The van der Waals surface area contributed by atoms with E-state index in [-0.39, 0.29) is 16.8 Å². The van der Waals surface area contributed by atoms with Crippen LogP contribution >= 0.6 is 0 Å². The predicted octanol–water partition coefficient (Wildman–Crippen LogP) is 3.80. The number of nitrogen functional groups attached to an aromatic ring is 1. The molecule has 1 aliphatic rings. The fraction of sp³-hybridized carbons (Fsp3) is 0.174. The molecule has 0 saturated carbocycles. The largest absolute Gasteiger partial charge is 0.397 e. The number of para-hydroxylation sites is 2. The second-order valence-corrected chi connectivity index (χ2v) is 9.20. The maximum Gasteiger partial charge on any atom is 0.255 e. The number of rotatable bonds is 5. The number of amides is 1. The molecule has 3 aromatic rings. The van der Waals surface area contributed by atoms with Crippen LogP contribution in [-0.4, -0.2) is 14.3 Å². The highest BCUT2D eigenvalue weighted by atomic mass is 32.2. The van der Waals surface area contributed by atoms with Crippen molar-refractivity contribution in [3.63, 3.8) is 0 Å². The van der Waals surface area contributed by atoms with Crippen molar-refractivity contribution < 1.29 is 13.2 Å². The molecule has 4 rings (SSSR count). The van der Waals surface area contributed by atoms with E-state index in [0.29, 0.717) is 29.8 Å². The summed E-state index contributed by atoms with van der Waals surface area (Å²) in [5, 5.41) is 2.82. The number of aryl methyl sites for hydroxylation is 2. The molecule has 3 aromatic carbocycles. The van der Waals surface area contributed by atoms with Crippen LogP contribution in [0.5, 0.6) is 0 Å². The number of fused-ring (bicyclic) bond motifs is 1. The van der Waals surface area contributed by atoms with E-state index in [9.17, 15) is 13.2 Å². The molecule has 0 bridgehead atoms. The Morgan fingerprint density at radius 3 is 2.60 bits per heavy atom. The van der Waals surface area contributed by atoms with E-state index in [2.05, 4.69) is 10.0 Å². The van der Waals surface area contributed by atoms with E-state index in [1.165, 1.54) is 0 Å². The van der Waals surface area contributed by atoms with Crippen LogP contribution in [0, 0.1) is 6.92 Å². The molecule has 1 unspecified atom stereocenters. The van der Waals surface area contributed by atoms with Crippen molar-refractivity contribution in [2.24, 2.45) is 0 Å². The summed E-state index contributed by atoms with van der Waals surface area (Å²) in [6, 6.07) is 19.0. The third kappa shape index (κ3) is 4.08. The van der Waals surface area contributed by atoms with Gasteiger partial charge in [0, 0.05) is 11.6 Å². The van der Waals surface area contributed by atoms with Gasteiger partial charge in [-0.25, -0.2) is 13.1 Å². The molecule has 0 fully saturated rings. The van der Waals surface area contributed by atoms with Crippen LogP contribution in [0.3, 0.4) is 0 Å². The Morgan fingerprint density at radius 1 is 1.03 bits per heavy atom. The van der Waals surface area contributed by atoms with Gasteiger partial charge in [0.15, 0.2) is 0 Å². The summed E-state index contributed by atoms with van der Waals surface area (Å²) in [7, 11) is -3.62. The van der Waals surface area contributed by atoms with Gasteiger partial charge in [-0.3, -0.25) is 4.79 Å². The molecule has 0 saturated heterocycles. The minimum absolute atomic E-state index is 0.250. The number of sulfonamides is 1. The molecule has 0 radical (unpaired) electrons. The van der Waals surface area contributed by atoms with E-state index in [1.54, 1.807) is 48.5 Å². The monoisotopic (exact) mass is 421 g/mol. The van der Waals surface area contributed by atoms with Crippen LogP contribution in [0.15, 0.2) is 71.6 Å². The zero-order valence-electron chi connectivity index (χ0n) is 16.6. The van der Waals surface area contributed by atoms with Crippen LogP contribution in [0.2, 0.25) is 0 Å². The van der Waals surface area contributed by atoms with Crippen molar-refractivity contribution >= 4 is 27.3 Å². The number of anilines is 2. The summed E-state index contributed by atoms with van der Waals surface area (Å²) < 4.78 is 28.4. The molecule has 1 atom stereocenters.